The number of aromatic nitrogens is 1. The number of nitrogens with zero attached hydrogens (tertiary/aromatic N) is 1. The molecule has 36 heavy (non-hydrogen) atoms. The third kappa shape index (κ3) is 6.71. The van der Waals surface area contributed by atoms with Gasteiger partial charge < -0.3 is 15.4 Å². The second-order valence-electron chi connectivity index (χ2n) is 7.73. The molecule has 6 nitrogen and oxygen atoms in total. The molecule has 1 unspecified atom stereocenters. The van der Waals surface area contributed by atoms with Crippen molar-refractivity contribution < 1.29 is 18.7 Å². The predicted molar refractivity (Wildman–Crippen MR) is 143 cm³/mol. The van der Waals surface area contributed by atoms with Crippen LogP contribution >= 0.6 is 23.1 Å². The average molecular weight is 522 g/mol. The highest BCUT2D eigenvalue weighted by Crippen LogP contribution is 2.29. The Morgan fingerprint density at radius 3 is 2.36 bits per heavy atom. The van der Waals surface area contributed by atoms with Crippen molar-refractivity contribution in [3.8, 4) is 17.0 Å². The SMILES string of the molecule is CCOc1ccc(-c2csc(NC(=O)C(C)Sc3ccc(NC(=O)c4ccc(F)cc4)cc3)n2)cc1. The number of amides is 2. The van der Waals surface area contributed by atoms with Crippen LogP contribution in [0.5, 0.6) is 5.75 Å². The Bertz CT molecular complexity index is 1320. The van der Waals surface area contributed by atoms with E-state index < -0.39 is 5.82 Å². The molecule has 0 aliphatic rings. The van der Waals surface area contributed by atoms with Crippen LogP contribution in [0.25, 0.3) is 11.3 Å². The van der Waals surface area contributed by atoms with E-state index in [-0.39, 0.29) is 17.1 Å². The maximum Gasteiger partial charge on any atom is 0.255 e. The van der Waals surface area contributed by atoms with Gasteiger partial charge in [-0.2, -0.15) is 0 Å². The topological polar surface area (TPSA) is 80.3 Å². The number of halogens is 1. The first-order valence-corrected chi connectivity index (χ1v) is 13.0. The summed E-state index contributed by atoms with van der Waals surface area (Å²) in [6.45, 7) is 4.38. The molecule has 1 aromatic heterocycles. The van der Waals surface area contributed by atoms with Crippen molar-refractivity contribution in [3.05, 3.63) is 89.6 Å². The minimum Gasteiger partial charge on any atom is -0.494 e. The zero-order chi connectivity index (χ0) is 25.5. The Hall–Kier alpha value is -3.69. The van der Waals surface area contributed by atoms with E-state index in [0.29, 0.717) is 23.0 Å². The van der Waals surface area contributed by atoms with Crippen LogP contribution in [0.2, 0.25) is 0 Å². The van der Waals surface area contributed by atoms with Crippen LogP contribution in [-0.2, 0) is 4.79 Å². The summed E-state index contributed by atoms with van der Waals surface area (Å²) >= 11 is 2.78. The summed E-state index contributed by atoms with van der Waals surface area (Å²) in [5, 5.41) is 7.74. The van der Waals surface area contributed by atoms with Gasteiger partial charge in [-0.3, -0.25) is 9.59 Å². The molecule has 4 aromatic rings. The third-order valence-electron chi connectivity index (χ3n) is 5.10. The number of thioether (sulfide) groups is 1. The normalized spacial score (nSPS) is 11.5. The van der Waals surface area contributed by atoms with E-state index >= 15 is 0 Å². The Balaban J connectivity index is 1.30. The number of thiazole rings is 1. The minimum absolute atomic E-state index is 0.152. The summed E-state index contributed by atoms with van der Waals surface area (Å²) in [5.41, 5.74) is 2.71. The molecule has 0 aliphatic heterocycles. The lowest BCUT2D eigenvalue weighted by atomic mass is 10.2. The van der Waals surface area contributed by atoms with Crippen LogP contribution < -0.4 is 15.4 Å². The number of benzene rings is 3. The van der Waals surface area contributed by atoms with Crippen LogP contribution in [0.1, 0.15) is 24.2 Å². The largest absolute Gasteiger partial charge is 0.494 e. The molecule has 0 saturated carbocycles. The van der Waals surface area contributed by atoms with E-state index in [0.717, 1.165) is 21.9 Å². The number of anilines is 2. The molecule has 2 amide bonds. The number of hydrogen-bond donors (Lipinski definition) is 2. The lowest BCUT2D eigenvalue weighted by Gasteiger charge is -2.11. The molecular weight excluding hydrogens is 497 g/mol. The van der Waals surface area contributed by atoms with Gasteiger partial charge >= 0.3 is 0 Å². The lowest BCUT2D eigenvalue weighted by Crippen LogP contribution is -2.22. The van der Waals surface area contributed by atoms with Crippen LogP contribution in [-0.4, -0.2) is 28.7 Å². The summed E-state index contributed by atoms with van der Waals surface area (Å²) in [6, 6.07) is 20.2. The Morgan fingerprint density at radius 2 is 1.69 bits per heavy atom. The molecule has 9 heteroatoms. The summed E-state index contributed by atoms with van der Waals surface area (Å²) in [4.78, 5) is 30.4. The quantitative estimate of drug-likeness (QED) is 0.239. The molecule has 1 heterocycles. The minimum atomic E-state index is -0.394. The van der Waals surface area contributed by atoms with Gasteiger partial charge in [-0.15, -0.1) is 23.1 Å². The molecule has 0 saturated heterocycles. The number of carbonyl (C=O) groups excluding carboxylic acids is 2. The number of nitrogens with one attached hydrogen (secondary N) is 2. The van der Waals surface area contributed by atoms with Crippen molar-refractivity contribution in [2.45, 2.75) is 24.0 Å². The van der Waals surface area contributed by atoms with Gasteiger partial charge in [0.05, 0.1) is 17.6 Å². The first-order chi connectivity index (χ1) is 17.4. The monoisotopic (exact) mass is 521 g/mol. The first-order valence-electron chi connectivity index (χ1n) is 11.2. The zero-order valence-electron chi connectivity index (χ0n) is 19.7. The molecule has 4 rings (SSSR count). The molecular formula is C27H24FN3O3S2. The molecule has 0 bridgehead atoms. The highest BCUT2D eigenvalue weighted by Gasteiger charge is 2.17. The van der Waals surface area contributed by atoms with Crippen molar-refractivity contribution in [1.29, 1.82) is 0 Å². The predicted octanol–water partition coefficient (Wildman–Crippen LogP) is 6.72. The molecule has 0 fully saturated rings. The number of rotatable bonds is 9. The molecule has 0 aliphatic carbocycles. The van der Waals surface area contributed by atoms with E-state index in [4.69, 9.17) is 4.74 Å². The fraction of sp³-hybridized carbons (Fsp3) is 0.148. The lowest BCUT2D eigenvalue weighted by molar-refractivity contribution is -0.115. The van der Waals surface area contributed by atoms with Crippen molar-refractivity contribution in [2.75, 3.05) is 17.2 Å². The van der Waals surface area contributed by atoms with E-state index in [9.17, 15) is 14.0 Å². The highest BCUT2D eigenvalue weighted by molar-refractivity contribution is 8.00. The molecule has 3 aromatic carbocycles. The van der Waals surface area contributed by atoms with Gasteiger partial charge in [0, 0.05) is 27.1 Å². The molecule has 1 atom stereocenters. The second kappa shape index (κ2) is 11.8. The summed E-state index contributed by atoms with van der Waals surface area (Å²) in [6.07, 6.45) is 0. The van der Waals surface area contributed by atoms with Gasteiger partial charge in [-0.1, -0.05) is 0 Å². The van der Waals surface area contributed by atoms with Crippen molar-refractivity contribution in [1.82, 2.24) is 4.98 Å². The van der Waals surface area contributed by atoms with Gasteiger partial charge in [0.2, 0.25) is 5.91 Å². The summed E-state index contributed by atoms with van der Waals surface area (Å²) in [5.74, 6) is -0.0642. The standard InChI is InChI=1S/C27H24FN3O3S2/c1-3-34-22-12-6-18(7-13-22)24-16-35-27(30-24)31-25(32)17(2)36-23-14-10-21(11-15-23)29-26(33)19-4-8-20(28)9-5-19/h4-17H,3H2,1-2H3,(H,29,33)(H,30,31,32). The van der Waals surface area contributed by atoms with Crippen LogP contribution in [0, 0.1) is 5.82 Å². The van der Waals surface area contributed by atoms with Gasteiger partial charge in [0.1, 0.15) is 11.6 Å². The molecule has 2 N–H and O–H groups in total. The highest BCUT2D eigenvalue weighted by atomic mass is 32.2. The van der Waals surface area contributed by atoms with E-state index in [1.807, 2.05) is 55.6 Å². The Morgan fingerprint density at radius 1 is 1.00 bits per heavy atom. The van der Waals surface area contributed by atoms with Crippen LogP contribution in [0.4, 0.5) is 15.2 Å². The van der Waals surface area contributed by atoms with Gasteiger partial charge in [0.15, 0.2) is 5.13 Å². The van der Waals surface area contributed by atoms with Crippen molar-refractivity contribution in [2.24, 2.45) is 0 Å². The van der Waals surface area contributed by atoms with Gasteiger partial charge in [0.25, 0.3) is 5.91 Å². The van der Waals surface area contributed by atoms with Crippen LogP contribution in [0.3, 0.4) is 0 Å². The summed E-state index contributed by atoms with van der Waals surface area (Å²) < 4.78 is 18.5. The van der Waals surface area contributed by atoms with E-state index in [1.54, 1.807) is 12.1 Å². The van der Waals surface area contributed by atoms with Gasteiger partial charge in [-0.25, -0.2) is 9.37 Å². The van der Waals surface area contributed by atoms with E-state index in [2.05, 4.69) is 15.6 Å². The molecule has 0 spiro atoms. The van der Waals surface area contributed by atoms with E-state index in [1.165, 1.54) is 47.4 Å². The first kappa shape index (κ1) is 25.4. The molecule has 184 valence electrons. The van der Waals surface area contributed by atoms with Crippen LogP contribution in [0.15, 0.2) is 83.1 Å². The number of hydrogen-bond acceptors (Lipinski definition) is 6. The number of carbonyl (C=O) groups is 2. The van der Waals surface area contributed by atoms with Crippen molar-refractivity contribution >= 4 is 45.7 Å². The zero-order valence-corrected chi connectivity index (χ0v) is 21.3. The van der Waals surface area contributed by atoms with Gasteiger partial charge in [-0.05, 0) is 86.6 Å². The fourth-order valence-electron chi connectivity index (χ4n) is 3.24. The van der Waals surface area contributed by atoms with Crippen molar-refractivity contribution in [3.63, 3.8) is 0 Å². The second-order valence-corrected chi connectivity index (χ2v) is 10.0. The number of ether oxygens (including phenoxy) is 1. The average Bonchev–Trinajstić information content (AvgIpc) is 3.34. The Kier molecular flexibility index (Phi) is 8.35. The fourth-order valence-corrected chi connectivity index (χ4v) is 4.83. The molecule has 0 radical (unpaired) electrons. The third-order valence-corrected chi connectivity index (χ3v) is 6.97. The maximum atomic E-state index is 13.0. The smallest absolute Gasteiger partial charge is 0.255 e. The maximum absolute atomic E-state index is 13.0. The Labute approximate surface area is 216 Å². The summed E-state index contributed by atoms with van der Waals surface area (Å²) in [7, 11) is 0.